The Balaban J connectivity index is 0.00000225. The molecule has 3 rings (SSSR count). The molecule has 2 aromatic carbocycles. The molecule has 6 nitrogen and oxygen atoms in total. The van der Waals surface area contributed by atoms with Gasteiger partial charge in [-0.25, -0.2) is 4.98 Å². The van der Waals surface area contributed by atoms with E-state index in [0.717, 1.165) is 29.3 Å². The van der Waals surface area contributed by atoms with E-state index in [9.17, 15) is 4.79 Å². The topological polar surface area (TPSA) is 86.5 Å². The minimum Gasteiger partial charge on any atom is -0.493 e. The van der Waals surface area contributed by atoms with Crippen molar-refractivity contribution >= 4 is 41.6 Å². The third-order valence-corrected chi connectivity index (χ3v) is 4.56. The molecule has 3 N–H and O–H groups in total. The summed E-state index contributed by atoms with van der Waals surface area (Å²) in [6.45, 7) is 1.22. The van der Waals surface area contributed by atoms with Crippen molar-refractivity contribution in [1.29, 1.82) is 0 Å². The fourth-order valence-corrected chi connectivity index (χ4v) is 3.07. The van der Waals surface area contributed by atoms with Crippen molar-refractivity contribution < 1.29 is 14.3 Å². The van der Waals surface area contributed by atoms with Crippen LogP contribution in [0, 0.1) is 0 Å². The van der Waals surface area contributed by atoms with E-state index in [1.54, 1.807) is 14.2 Å². The van der Waals surface area contributed by atoms with Crippen molar-refractivity contribution in [1.82, 2.24) is 10.3 Å². The molecule has 0 saturated heterocycles. The fraction of sp³-hybridized carbons (Fsp3) is 0.273. The maximum absolute atomic E-state index is 12.8. The number of methoxy groups -OCH3 is 2. The number of hydrogen-bond donors (Lipinski definition) is 2. The number of amides is 1. The molecule has 1 heterocycles. The lowest BCUT2D eigenvalue weighted by atomic mass is 10.0. The Morgan fingerprint density at radius 2 is 1.73 bits per heavy atom. The van der Waals surface area contributed by atoms with Gasteiger partial charge in [0.1, 0.15) is 0 Å². The highest BCUT2D eigenvalue weighted by molar-refractivity contribution is 6.07. The Morgan fingerprint density at radius 1 is 1.00 bits per heavy atom. The molecule has 1 amide bonds. The molecule has 0 saturated carbocycles. The minimum atomic E-state index is -0.114. The van der Waals surface area contributed by atoms with Crippen LogP contribution in [-0.4, -0.2) is 38.2 Å². The van der Waals surface area contributed by atoms with E-state index in [0.29, 0.717) is 35.8 Å². The van der Waals surface area contributed by atoms with Crippen LogP contribution in [0.2, 0.25) is 0 Å². The molecule has 30 heavy (non-hydrogen) atoms. The number of ether oxygens (including phenoxy) is 2. The summed E-state index contributed by atoms with van der Waals surface area (Å²) in [6.07, 6.45) is 1.74. The number of aromatic nitrogens is 1. The largest absolute Gasteiger partial charge is 0.493 e. The third-order valence-electron chi connectivity index (χ3n) is 4.56. The van der Waals surface area contributed by atoms with Crippen LogP contribution in [0.15, 0.2) is 48.5 Å². The molecule has 0 aliphatic heterocycles. The normalized spacial score (nSPS) is 9.97. The number of halogens is 2. The molecular formula is C22H27Cl2N3O3. The molecule has 0 bridgehead atoms. The van der Waals surface area contributed by atoms with Crippen LogP contribution in [0.1, 0.15) is 23.2 Å². The summed E-state index contributed by atoms with van der Waals surface area (Å²) >= 11 is 0. The molecule has 0 spiro atoms. The molecule has 0 unspecified atom stereocenters. The van der Waals surface area contributed by atoms with Gasteiger partial charge in [0.25, 0.3) is 5.91 Å². The van der Waals surface area contributed by atoms with E-state index >= 15 is 0 Å². The van der Waals surface area contributed by atoms with E-state index < -0.39 is 0 Å². The predicted molar refractivity (Wildman–Crippen MR) is 125 cm³/mol. The van der Waals surface area contributed by atoms with Crippen molar-refractivity contribution in [3.8, 4) is 22.8 Å². The number of nitrogens with two attached hydrogens (primary N) is 1. The van der Waals surface area contributed by atoms with Gasteiger partial charge in [-0.3, -0.25) is 4.79 Å². The fourth-order valence-electron chi connectivity index (χ4n) is 3.07. The number of nitrogens with zero attached hydrogens (tertiary/aromatic N) is 1. The summed E-state index contributed by atoms with van der Waals surface area (Å²) in [4.78, 5) is 17.6. The van der Waals surface area contributed by atoms with Crippen LogP contribution in [0.25, 0.3) is 22.2 Å². The first-order valence-electron chi connectivity index (χ1n) is 9.28. The number of fused-ring (bicyclic) bond motifs is 1. The van der Waals surface area contributed by atoms with Gasteiger partial charge in [0.05, 0.1) is 31.0 Å². The Morgan fingerprint density at radius 3 is 2.43 bits per heavy atom. The SMILES string of the molecule is COc1ccc(-c2cc(C(=O)NCCCCN)c3ccccc3n2)cc1OC.Cl.Cl. The molecule has 0 aliphatic rings. The smallest absolute Gasteiger partial charge is 0.252 e. The van der Waals surface area contributed by atoms with E-state index in [2.05, 4.69) is 5.32 Å². The van der Waals surface area contributed by atoms with Gasteiger partial charge >= 0.3 is 0 Å². The van der Waals surface area contributed by atoms with Gasteiger partial charge < -0.3 is 20.5 Å². The number of nitrogens with one attached hydrogen (secondary N) is 1. The zero-order valence-corrected chi connectivity index (χ0v) is 18.6. The van der Waals surface area contributed by atoms with Crippen LogP contribution in [0.3, 0.4) is 0 Å². The molecule has 0 aliphatic carbocycles. The maximum Gasteiger partial charge on any atom is 0.252 e. The van der Waals surface area contributed by atoms with Gasteiger partial charge in [-0.2, -0.15) is 0 Å². The zero-order chi connectivity index (χ0) is 19.9. The maximum atomic E-state index is 12.8. The Labute approximate surface area is 189 Å². The molecule has 0 fully saturated rings. The predicted octanol–water partition coefficient (Wildman–Crippen LogP) is 4.23. The average Bonchev–Trinajstić information content (AvgIpc) is 2.75. The molecule has 1 aromatic heterocycles. The number of hydrogen-bond acceptors (Lipinski definition) is 5. The van der Waals surface area contributed by atoms with E-state index in [4.69, 9.17) is 20.2 Å². The van der Waals surface area contributed by atoms with Crippen LogP contribution in [0.4, 0.5) is 0 Å². The molecule has 3 aromatic rings. The summed E-state index contributed by atoms with van der Waals surface area (Å²) in [7, 11) is 3.19. The summed E-state index contributed by atoms with van der Waals surface area (Å²) in [6, 6.07) is 15.1. The standard InChI is InChI=1S/C22H25N3O3.2ClH/c1-27-20-10-9-15(13-21(20)28-2)19-14-17(22(26)24-12-6-5-11-23)16-7-3-4-8-18(16)25-19;;/h3-4,7-10,13-14H,5-6,11-12,23H2,1-2H3,(H,24,26);2*1H. The second-order valence-electron chi connectivity index (χ2n) is 6.39. The van der Waals surface area contributed by atoms with Gasteiger partial charge in [-0.15, -0.1) is 24.8 Å². The molecular weight excluding hydrogens is 425 g/mol. The summed E-state index contributed by atoms with van der Waals surface area (Å²) < 4.78 is 10.7. The van der Waals surface area contributed by atoms with Gasteiger partial charge in [-0.1, -0.05) is 18.2 Å². The first-order chi connectivity index (χ1) is 13.7. The Bertz CT molecular complexity index is 983. The van der Waals surface area contributed by atoms with Gasteiger partial charge in [0, 0.05) is 17.5 Å². The first kappa shape index (κ1) is 25.5. The number of carbonyl (C=O) groups excluding carboxylic acids is 1. The molecule has 8 heteroatoms. The number of para-hydroxylation sites is 1. The summed E-state index contributed by atoms with van der Waals surface area (Å²) in [5.74, 6) is 1.14. The summed E-state index contributed by atoms with van der Waals surface area (Å²) in [5.41, 5.74) is 8.43. The Hall–Kier alpha value is -2.54. The number of benzene rings is 2. The van der Waals surface area contributed by atoms with E-state index in [1.807, 2.05) is 48.5 Å². The van der Waals surface area contributed by atoms with Crippen molar-refractivity contribution in [2.45, 2.75) is 12.8 Å². The number of unbranched alkanes of at least 4 members (excludes halogenated alkanes) is 1. The highest BCUT2D eigenvalue weighted by atomic mass is 35.5. The third kappa shape index (κ3) is 5.75. The van der Waals surface area contributed by atoms with Crippen molar-refractivity contribution in [2.24, 2.45) is 5.73 Å². The van der Waals surface area contributed by atoms with Gasteiger partial charge in [0.2, 0.25) is 0 Å². The zero-order valence-electron chi connectivity index (χ0n) is 17.0. The molecule has 162 valence electrons. The lowest BCUT2D eigenvalue weighted by Crippen LogP contribution is -2.25. The molecule has 0 radical (unpaired) electrons. The van der Waals surface area contributed by atoms with Gasteiger partial charge in [-0.05, 0) is 49.7 Å². The van der Waals surface area contributed by atoms with Crippen molar-refractivity contribution in [3.63, 3.8) is 0 Å². The van der Waals surface area contributed by atoms with Crippen LogP contribution in [-0.2, 0) is 0 Å². The summed E-state index contributed by atoms with van der Waals surface area (Å²) in [5, 5.41) is 3.80. The number of rotatable bonds is 8. The van der Waals surface area contributed by atoms with Crippen molar-refractivity contribution in [3.05, 3.63) is 54.1 Å². The van der Waals surface area contributed by atoms with E-state index in [1.165, 1.54) is 0 Å². The highest BCUT2D eigenvalue weighted by Gasteiger charge is 2.15. The quantitative estimate of drug-likeness (QED) is 0.500. The Kier molecular flexibility index (Phi) is 10.4. The highest BCUT2D eigenvalue weighted by Crippen LogP contribution is 2.33. The number of carbonyl (C=O) groups is 1. The first-order valence-corrected chi connectivity index (χ1v) is 9.28. The lowest BCUT2D eigenvalue weighted by Gasteiger charge is -2.12. The monoisotopic (exact) mass is 451 g/mol. The van der Waals surface area contributed by atoms with Crippen LogP contribution >= 0.6 is 24.8 Å². The average molecular weight is 452 g/mol. The van der Waals surface area contributed by atoms with Crippen molar-refractivity contribution in [2.75, 3.05) is 27.3 Å². The number of pyridine rings is 1. The van der Waals surface area contributed by atoms with Crippen LogP contribution in [0.5, 0.6) is 11.5 Å². The second kappa shape index (κ2) is 12.2. The minimum absolute atomic E-state index is 0. The lowest BCUT2D eigenvalue weighted by molar-refractivity contribution is 0.0954. The second-order valence-corrected chi connectivity index (χ2v) is 6.39. The van der Waals surface area contributed by atoms with E-state index in [-0.39, 0.29) is 30.7 Å². The van der Waals surface area contributed by atoms with Crippen LogP contribution < -0.4 is 20.5 Å². The molecule has 0 atom stereocenters. The van der Waals surface area contributed by atoms with Gasteiger partial charge in [0.15, 0.2) is 11.5 Å².